The molecular formula is C17H17N3O2S. The van der Waals surface area contributed by atoms with Crippen molar-refractivity contribution in [3.8, 4) is 11.5 Å². The Hall–Kier alpha value is -2.60. The van der Waals surface area contributed by atoms with Gasteiger partial charge in [0.15, 0.2) is 0 Å². The van der Waals surface area contributed by atoms with Gasteiger partial charge >= 0.3 is 0 Å². The number of thiazole rings is 1. The van der Waals surface area contributed by atoms with Crippen LogP contribution < -0.4 is 14.3 Å². The van der Waals surface area contributed by atoms with Gasteiger partial charge in [0, 0.05) is 18.7 Å². The van der Waals surface area contributed by atoms with Crippen LogP contribution in [0.15, 0.2) is 52.7 Å². The Balaban J connectivity index is 1.95. The van der Waals surface area contributed by atoms with E-state index in [2.05, 4.69) is 22.3 Å². The summed E-state index contributed by atoms with van der Waals surface area (Å²) in [6, 6.07) is 13.8. The summed E-state index contributed by atoms with van der Waals surface area (Å²) in [5, 5.41) is 8.52. The molecule has 0 saturated heterocycles. The molecule has 0 fully saturated rings. The van der Waals surface area contributed by atoms with Crippen LogP contribution in [0, 0.1) is 0 Å². The lowest BCUT2D eigenvalue weighted by molar-refractivity contribution is 0.394. The van der Waals surface area contributed by atoms with Gasteiger partial charge in [0.1, 0.15) is 11.5 Å². The molecule has 2 aromatic carbocycles. The second kappa shape index (κ2) is 6.66. The highest BCUT2D eigenvalue weighted by atomic mass is 32.1. The Morgan fingerprint density at radius 1 is 1.09 bits per heavy atom. The molecule has 3 rings (SSSR count). The largest absolute Gasteiger partial charge is 0.497 e. The lowest BCUT2D eigenvalue weighted by atomic mass is 10.2. The van der Waals surface area contributed by atoms with Gasteiger partial charge in [-0.1, -0.05) is 23.5 Å². The molecule has 1 aromatic heterocycles. The number of ether oxygens (including phenoxy) is 2. The number of hydrogen-bond donors (Lipinski definition) is 0. The van der Waals surface area contributed by atoms with Crippen LogP contribution in [0.1, 0.15) is 5.56 Å². The number of benzene rings is 2. The Kier molecular flexibility index (Phi) is 4.43. The van der Waals surface area contributed by atoms with Crippen molar-refractivity contribution in [2.24, 2.45) is 17.3 Å². The molecule has 5 nitrogen and oxygen atoms in total. The number of aromatic nitrogens is 1. The molecule has 3 aromatic rings. The fourth-order valence-electron chi connectivity index (χ4n) is 2.24. The van der Waals surface area contributed by atoms with E-state index in [-0.39, 0.29) is 0 Å². The summed E-state index contributed by atoms with van der Waals surface area (Å²) >= 11 is 1.61. The number of rotatable bonds is 4. The summed E-state index contributed by atoms with van der Waals surface area (Å²) < 4.78 is 13.7. The second-order valence-electron chi connectivity index (χ2n) is 4.86. The topological polar surface area (TPSA) is 48.1 Å². The predicted octanol–water partition coefficient (Wildman–Crippen LogP) is 3.19. The summed E-state index contributed by atoms with van der Waals surface area (Å²) in [7, 11) is 5.23. The quantitative estimate of drug-likeness (QED) is 0.546. The standard InChI is InChI=1S/C17H17N3O2S/c1-20-14-6-4-5-7-16(14)23-17(20)19-18-11-12-8-9-13(21-2)10-15(12)22-3/h4-11H,1-3H3/b18-11+,19-17-. The van der Waals surface area contributed by atoms with Crippen molar-refractivity contribution < 1.29 is 9.47 Å². The normalized spacial score (nSPS) is 12.2. The van der Waals surface area contributed by atoms with Gasteiger partial charge in [-0.05, 0) is 24.3 Å². The number of fused-ring (bicyclic) bond motifs is 1. The van der Waals surface area contributed by atoms with Crippen LogP contribution in [0.3, 0.4) is 0 Å². The molecule has 0 aliphatic rings. The fraction of sp³-hybridized carbons (Fsp3) is 0.176. The van der Waals surface area contributed by atoms with E-state index >= 15 is 0 Å². The van der Waals surface area contributed by atoms with E-state index < -0.39 is 0 Å². The smallest absolute Gasteiger partial charge is 0.211 e. The fourth-order valence-corrected chi connectivity index (χ4v) is 3.22. The van der Waals surface area contributed by atoms with Crippen molar-refractivity contribution in [2.45, 2.75) is 0 Å². The van der Waals surface area contributed by atoms with Crippen LogP contribution in [0.4, 0.5) is 0 Å². The van der Waals surface area contributed by atoms with E-state index in [0.29, 0.717) is 5.75 Å². The molecule has 0 N–H and O–H groups in total. The van der Waals surface area contributed by atoms with Gasteiger partial charge in [-0.2, -0.15) is 5.10 Å². The van der Waals surface area contributed by atoms with E-state index in [1.54, 1.807) is 31.8 Å². The number of nitrogens with zero attached hydrogens (tertiary/aromatic N) is 3. The SMILES string of the molecule is COc1ccc(/C=N/N=c2\sc3ccccc3n2C)c(OC)c1. The molecule has 0 bridgehead atoms. The van der Waals surface area contributed by atoms with Gasteiger partial charge in [-0.25, -0.2) is 0 Å². The zero-order valence-corrected chi connectivity index (χ0v) is 14.0. The summed E-state index contributed by atoms with van der Waals surface area (Å²) in [5.74, 6) is 1.44. The maximum absolute atomic E-state index is 5.35. The Labute approximate surface area is 138 Å². The van der Waals surface area contributed by atoms with Gasteiger partial charge in [-0.15, -0.1) is 5.10 Å². The average Bonchev–Trinajstić information content (AvgIpc) is 2.91. The summed E-state index contributed by atoms with van der Waals surface area (Å²) in [5.41, 5.74) is 1.99. The van der Waals surface area contributed by atoms with Crippen LogP contribution in [0.5, 0.6) is 11.5 Å². The third-order valence-electron chi connectivity index (χ3n) is 3.50. The first-order chi connectivity index (χ1) is 11.2. The van der Waals surface area contributed by atoms with Crippen LogP contribution in [-0.4, -0.2) is 25.0 Å². The molecule has 0 aliphatic heterocycles. The first kappa shape index (κ1) is 15.3. The molecule has 0 aliphatic carbocycles. The van der Waals surface area contributed by atoms with Crippen LogP contribution in [0.25, 0.3) is 10.2 Å². The predicted molar refractivity (Wildman–Crippen MR) is 93.5 cm³/mol. The van der Waals surface area contributed by atoms with Gasteiger partial charge in [0.2, 0.25) is 4.80 Å². The molecule has 0 radical (unpaired) electrons. The second-order valence-corrected chi connectivity index (χ2v) is 5.87. The number of methoxy groups -OCH3 is 2. The van der Waals surface area contributed by atoms with Crippen molar-refractivity contribution in [3.05, 3.63) is 52.8 Å². The van der Waals surface area contributed by atoms with Crippen molar-refractivity contribution in [2.75, 3.05) is 14.2 Å². The minimum absolute atomic E-state index is 0.698. The van der Waals surface area contributed by atoms with Gasteiger partial charge in [0.25, 0.3) is 0 Å². The molecule has 23 heavy (non-hydrogen) atoms. The summed E-state index contributed by atoms with van der Waals surface area (Å²) in [6.07, 6.45) is 1.68. The highest BCUT2D eigenvalue weighted by Gasteiger charge is 2.03. The molecule has 1 heterocycles. The molecule has 0 unspecified atom stereocenters. The highest BCUT2D eigenvalue weighted by Crippen LogP contribution is 2.23. The monoisotopic (exact) mass is 327 g/mol. The zero-order valence-electron chi connectivity index (χ0n) is 13.2. The third-order valence-corrected chi connectivity index (χ3v) is 4.60. The van der Waals surface area contributed by atoms with Crippen LogP contribution in [0.2, 0.25) is 0 Å². The Morgan fingerprint density at radius 2 is 1.91 bits per heavy atom. The lowest BCUT2D eigenvalue weighted by Gasteiger charge is -2.06. The Morgan fingerprint density at radius 3 is 2.65 bits per heavy atom. The van der Waals surface area contributed by atoms with Gasteiger partial charge < -0.3 is 14.0 Å². The van der Waals surface area contributed by atoms with Crippen molar-refractivity contribution >= 4 is 27.8 Å². The van der Waals surface area contributed by atoms with Crippen molar-refractivity contribution in [1.82, 2.24) is 4.57 Å². The molecule has 0 saturated carbocycles. The highest BCUT2D eigenvalue weighted by molar-refractivity contribution is 7.16. The maximum Gasteiger partial charge on any atom is 0.211 e. The third kappa shape index (κ3) is 3.12. The van der Waals surface area contributed by atoms with E-state index in [4.69, 9.17) is 9.47 Å². The van der Waals surface area contributed by atoms with Crippen LogP contribution in [-0.2, 0) is 7.05 Å². The number of aryl methyl sites for hydroxylation is 1. The van der Waals surface area contributed by atoms with Crippen molar-refractivity contribution in [1.29, 1.82) is 0 Å². The zero-order chi connectivity index (χ0) is 16.2. The van der Waals surface area contributed by atoms with E-state index in [0.717, 1.165) is 21.6 Å². The lowest BCUT2D eigenvalue weighted by Crippen LogP contribution is -2.08. The minimum Gasteiger partial charge on any atom is -0.497 e. The Bertz CT molecular complexity index is 925. The van der Waals surface area contributed by atoms with E-state index in [1.165, 1.54) is 4.70 Å². The molecule has 6 heteroatoms. The summed E-state index contributed by atoms with van der Waals surface area (Å²) in [4.78, 5) is 0.843. The summed E-state index contributed by atoms with van der Waals surface area (Å²) in [6.45, 7) is 0. The molecule has 0 spiro atoms. The maximum atomic E-state index is 5.35. The average molecular weight is 327 g/mol. The first-order valence-electron chi connectivity index (χ1n) is 7.06. The van der Waals surface area contributed by atoms with E-state index in [1.807, 2.05) is 41.9 Å². The number of hydrogen-bond acceptors (Lipinski definition) is 5. The van der Waals surface area contributed by atoms with Crippen LogP contribution >= 0.6 is 11.3 Å². The first-order valence-corrected chi connectivity index (χ1v) is 7.88. The molecule has 0 atom stereocenters. The minimum atomic E-state index is 0.698. The molecule has 118 valence electrons. The molecule has 0 amide bonds. The number of para-hydroxylation sites is 1. The van der Waals surface area contributed by atoms with Gasteiger partial charge in [-0.3, -0.25) is 0 Å². The van der Waals surface area contributed by atoms with Gasteiger partial charge in [0.05, 0.1) is 30.7 Å². The van der Waals surface area contributed by atoms with E-state index in [9.17, 15) is 0 Å². The van der Waals surface area contributed by atoms with Crippen molar-refractivity contribution in [3.63, 3.8) is 0 Å². The molecular weight excluding hydrogens is 310 g/mol.